The Morgan fingerprint density at radius 2 is 2.00 bits per heavy atom. The van der Waals surface area contributed by atoms with Crippen LogP contribution < -0.4 is 10.1 Å². The van der Waals surface area contributed by atoms with Crippen molar-refractivity contribution in [1.82, 2.24) is 5.32 Å². The number of carbonyl (C=O) groups is 1. The number of benzene rings is 1. The van der Waals surface area contributed by atoms with E-state index in [1.807, 2.05) is 0 Å². The van der Waals surface area contributed by atoms with Gasteiger partial charge in [0, 0.05) is 0 Å². The fraction of sp³-hybridized carbons (Fsp3) is 0.462. The average Bonchev–Trinajstić information content (AvgIpc) is 2.43. The summed E-state index contributed by atoms with van der Waals surface area (Å²) < 4.78 is 18.7. The van der Waals surface area contributed by atoms with Crippen LogP contribution in [0, 0.1) is 5.82 Å². The molecule has 0 aliphatic carbocycles. The van der Waals surface area contributed by atoms with Gasteiger partial charge >= 0.3 is 0 Å². The van der Waals surface area contributed by atoms with Crippen molar-refractivity contribution in [1.29, 1.82) is 0 Å². The van der Waals surface area contributed by atoms with Crippen molar-refractivity contribution < 1.29 is 24.1 Å². The Hall–Kier alpha value is -1.66. The van der Waals surface area contributed by atoms with Crippen molar-refractivity contribution in [3.63, 3.8) is 0 Å². The van der Waals surface area contributed by atoms with Gasteiger partial charge in [-0.1, -0.05) is 19.1 Å². The van der Waals surface area contributed by atoms with Crippen LogP contribution in [0.5, 0.6) is 5.75 Å². The van der Waals surface area contributed by atoms with Crippen LogP contribution in [0.3, 0.4) is 0 Å². The molecule has 0 aliphatic rings. The van der Waals surface area contributed by atoms with Crippen molar-refractivity contribution in [3.05, 3.63) is 30.1 Å². The van der Waals surface area contributed by atoms with E-state index in [0.717, 1.165) is 0 Å². The Morgan fingerprint density at radius 3 is 2.53 bits per heavy atom. The number of halogens is 1. The second-order valence-electron chi connectivity index (χ2n) is 4.02. The average molecular weight is 271 g/mol. The zero-order valence-corrected chi connectivity index (χ0v) is 10.7. The van der Waals surface area contributed by atoms with Crippen LogP contribution >= 0.6 is 0 Å². The van der Waals surface area contributed by atoms with Crippen molar-refractivity contribution >= 4 is 5.91 Å². The highest BCUT2D eigenvalue weighted by molar-refractivity contribution is 5.81. The summed E-state index contributed by atoms with van der Waals surface area (Å²) in [5, 5.41) is 20.2. The van der Waals surface area contributed by atoms with E-state index >= 15 is 0 Å². The fourth-order valence-electron chi connectivity index (χ4n) is 1.46. The molecule has 0 aromatic heterocycles. The molecule has 1 rings (SSSR count). The SMILES string of the molecule is CC[C@@H](Oc1ccccc1F)C(=O)NC(CO)CO. The standard InChI is InChI=1S/C13H18FNO4/c1-2-11(13(18)15-9(7-16)8-17)19-12-6-4-3-5-10(12)14/h3-6,9,11,16-17H,2,7-8H2,1H3,(H,15,18)/t11-/m1/s1. The number of aliphatic hydroxyl groups is 2. The van der Waals surface area contributed by atoms with Gasteiger partial charge in [-0.05, 0) is 18.6 Å². The van der Waals surface area contributed by atoms with Crippen LogP contribution in [0.4, 0.5) is 4.39 Å². The lowest BCUT2D eigenvalue weighted by atomic mass is 10.2. The molecular formula is C13H18FNO4. The first-order valence-corrected chi connectivity index (χ1v) is 6.05. The predicted molar refractivity (Wildman–Crippen MR) is 67.2 cm³/mol. The number of aliphatic hydroxyl groups excluding tert-OH is 2. The van der Waals surface area contributed by atoms with E-state index in [0.29, 0.717) is 6.42 Å². The molecule has 0 radical (unpaired) electrons. The Kier molecular flexibility index (Phi) is 6.24. The Balaban J connectivity index is 2.68. The third kappa shape index (κ3) is 4.50. The summed E-state index contributed by atoms with van der Waals surface area (Å²) in [4.78, 5) is 11.8. The monoisotopic (exact) mass is 271 g/mol. The first-order valence-electron chi connectivity index (χ1n) is 6.05. The second kappa shape index (κ2) is 7.70. The van der Waals surface area contributed by atoms with E-state index in [1.165, 1.54) is 18.2 Å². The highest BCUT2D eigenvalue weighted by Crippen LogP contribution is 2.18. The molecule has 1 amide bonds. The number of ether oxygens (including phenoxy) is 1. The van der Waals surface area contributed by atoms with Crippen molar-refractivity contribution in [2.75, 3.05) is 13.2 Å². The minimum Gasteiger partial charge on any atom is -0.478 e. The van der Waals surface area contributed by atoms with Crippen LogP contribution in [-0.4, -0.2) is 41.5 Å². The third-order valence-electron chi connectivity index (χ3n) is 2.56. The first-order chi connectivity index (χ1) is 9.12. The molecule has 3 N–H and O–H groups in total. The zero-order valence-electron chi connectivity index (χ0n) is 10.7. The van der Waals surface area contributed by atoms with Gasteiger partial charge in [0.2, 0.25) is 0 Å². The van der Waals surface area contributed by atoms with E-state index in [-0.39, 0.29) is 19.0 Å². The maximum absolute atomic E-state index is 13.4. The number of para-hydroxylation sites is 1. The molecule has 19 heavy (non-hydrogen) atoms. The van der Waals surface area contributed by atoms with Crippen LogP contribution in [0.25, 0.3) is 0 Å². The number of amides is 1. The van der Waals surface area contributed by atoms with Gasteiger partial charge in [-0.2, -0.15) is 0 Å². The van der Waals surface area contributed by atoms with Crippen LogP contribution in [0.1, 0.15) is 13.3 Å². The lowest BCUT2D eigenvalue weighted by Gasteiger charge is -2.20. The molecule has 0 bridgehead atoms. The van der Waals surface area contributed by atoms with Gasteiger partial charge in [-0.15, -0.1) is 0 Å². The van der Waals surface area contributed by atoms with Crippen LogP contribution in [-0.2, 0) is 4.79 Å². The topological polar surface area (TPSA) is 78.8 Å². The Bertz CT molecular complexity index is 409. The second-order valence-corrected chi connectivity index (χ2v) is 4.02. The van der Waals surface area contributed by atoms with Gasteiger partial charge in [-0.3, -0.25) is 4.79 Å². The molecule has 0 unspecified atom stereocenters. The van der Waals surface area contributed by atoms with E-state index in [4.69, 9.17) is 14.9 Å². The summed E-state index contributed by atoms with van der Waals surface area (Å²) in [5.74, 6) is -1.05. The quantitative estimate of drug-likeness (QED) is 0.673. The normalized spacial score (nSPS) is 12.3. The lowest BCUT2D eigenvalue weighted by Crippen LogP contribution is -2.46. The van der Waals surface area contributed by atoms with Crippen molar-refractivity contribution in [2.45, 2.75) is 25.5 Å². The number of hydrogen-bond acceptors (Lipinski definition) is 4. The third-order valence-corrected chi connectivity index (χ3v) is 2.56. The molecule has 1 aromatic rings. The molecule has 0 fully saturated rings. The molecule has 0 saturated carbocycles. The molecule has 0 spiro atoms. The number of nitrogens with one attached hydrogen (secondary N) is 1. The molecule has 0 heterocycles. The molecule has 1 aromatic carbocycles. The van der Waals surface area contributed by atoms with Gasteiger partial charge in [0.05, 0.1) is 19.3 Å². The van der Waals surface area contributed by atoms with Gasteiger partial charge in [-0.25, -0.2) is 4.39 Å². The zero-order chi connectivity index (χ0) is 14.3. The van der Waals surface area contributed by atoms with E-state index < -0.39 is 23.9 Å². The highest BCUT2D eigenvalue weighted by atomic mass is 19.1. The largest absolute Gasteiger partial charge is 0.478 e. The van der Waals surface area contributed by atoms with Gasteiger partial charge in [0.15, 0.2) is 17.7 Å². The Morgan fingerprint density at radius 1 is 1.37 bits per heavy atom. The smallest absolute Gasteiger partial charge is 0.261 e. The summed E-state index contributed by atoms with van der Waals surface area (Å²) in [6, 6.07) is 5.06. The van der Waals surface area contributed by atoms with Gasteiger partial charge < -0.3 is 20.3 Å². The Labute approximate surface area is 111 Å². The minimum absolute atomic E-state index is 0.00551. The fourth-order valence-corrected chi connectivity index (χ4v) is 1.46. The van der Waals surface area contributed by atoms with E-state index in [2.05, 4.69) is 5.32 Å². The molecule has 1 atom stereocenters. The molecule has 5 nitrogen and oxygen atoms in total. The summed E-state index contributed by atoms with van der Waals surface area (Å²) >= 11 is 0. The predicted octanol–water partition coefficient (Wildman–Crippen LogP) is 0.452. The van der Waals surface area contributed by atoms with Crippen molar-refractivity contribution in [3.8, 4) is 5.75 Å². The summed E-state index contributed by atoms with van der Waals surface area (Å²) in [6.07, 6.45) is -0.540. The molecule has 6 heteroatoms. The molecular weight excluding hydrogens is 253 g/mol. The van der Waals surface area contributed by atoms with Crippen LogP contribution in [0.15, 0.2) is 24.3 Å². The van der Waals surface area contributed by atoms with Gasteiger partial charge in [0.25, 0.3) is 5.91 Å². The summed E-state index contributed by atoms with van der Waals surface area (Å²) in [6.45, 7) is 0.967. The molecule has 0 aliphatic heterocycles. The molecule has 106 valence electrons. The van der Waals surface area contributed by atoms with Crippen molar-refractivity contribution in [2.24, 2.45) is 0 Å². The van der Waals surface area contributed by atoms with Crippen LogP contribution in [0.2, 0.25) is 0 Å². The van der Waals surface area contributed by atoms with E-state index in [9.17, 15) is 9.18 Å². The number of rotatable bonds is 7. The maximum Gasteiger partial charge on any atom is 0.261 e. The van der Waals surface area contributed by atoms with E-state index in [1.54, 1.807) is 13.0 Å². The highest BCUT2D eigenvalue weighted by Gasteiger charge is 2.22. The van der Waals surface area contributed by atoms with Gasteiger partial charge in [0.1, 0.15) is 0 Å². The maximum atomic E-state index is 13.4. The minimum atomic E-state index is -0.877. The summed E-state index contributed by atoms with van der Waals surface area (Å²) in [5.41, 5.74) is 0. The number of carbonyl (C=O) groups excluding carboxylic acids is 1. The lowest BCUT2D eigenvalue weighted by molar-refractivity contribution is -0.129. The number of hydrogen-bond donors (Lipinski definition) is 3. The summed E-state index contributed by atoms with van der Waals surface area (Å²) in [7, 11) is 0. The molecule has 0 saturated heterocycles. The first kappa shape index (κ1) is 15.4.